The first-order chi connectivity index (χ1) is 25.2. The number of anilines is 1. The summed E-state index contributed by atoms with van der Waals surface area (Å²) in [6, 6.07) is 53.7. The van der Waals surface area contributed by atoms with Gasteiger partial charge in [-0.05, 0) is 105 Å². The average molecular weight is 653 g/mol. The zero-order valence-electron chi connectivity index (χ0n) is 27.6. The second-order valence-electron chi connectivity index (χ2n) is 13.4. The molecule has 7 aromatic carbocycles. The van der Waals surface area contributed by atoms with Gasteiger partial charge in [-0.1, -0.05) is 78.9 Å². The predicted molar refractivity (Wildman–Crippen MR) is 204 cm³/mol. The maximum absolute atomic E-state index is 10.2. The van der Waals surface area contributed by atoms with Crippen molar-refractivity contribution in [2.45, 2.75) is 5.41 Å². The van der Waals surface area contributed by atoms with Crippen LogP contribution < -0.4 is 5.32 Å². The van der Waals surface area contributed by atoms with E-state index in [1.807, 2.05) is 25.2 Å². The topological polar surface area (TPSA) is 66.8 Å². The molecule has 9 aromatic rings. The molecule has 2 aromatic heterocycles. The van der Waals surface area contributed by atoms with Crippen molar-refractivity contribution >= 4 is 38.7 Å². The van der Waals surface area contributed by atoms with Gasteiger partial charge >= 0.3 is 0 Å². The minimum Gasteiger partial charge on any atom is -0.456 e. The van der Waals surface area contributed by atoms with Gasteiger partial charge in [-0.15, -0.1) is 0 Å². The van der Waals surface area contributed by atoms with E-state index in [-0.39, 0.29) is 0 Å². The van der Waals surface area contributed by atoms with Crippen LogP contribution >= 0.6 is 0 Å². The highest BCUT2D eigenvalue weighted by Crippen LogP contribution is 2.64. The Bertz CT molecular complexity index is 2980. The highest BCUT2D eigenvalue weighted by molar-refractivity contribution is 6.16. The van der Waals surface area contributed by atoms with Gasteiger partial charge in [0.25, 0.3) is 0 Å². The molecular formula is C46H28N4O. The molecule has 0 fully saturated rings. The van der Waals surface area contributed by atoms with Crippen LogP contribution in [0.25, 0.3) is 72.3 Å². The molecule has 1 N–H and O–H groups in total. The SMILES string of the molecule is CNc1ccc2c(c1)oc1ccc3c(c12)-c1ccc(C#N)cc1C31c2ccccc2-c2cc(-c3nc4ccccc4n3-c3ccccc3)ccc21. The Morgan fingerprint density at radius 3 is 2.35 bits per heavy atom. The summed E-state index contributed by atoms with van der Waals surface area (Å²) in [5, 5.41) is 15.6. The molecule has 2 aliphatic rings. The van der Waals surface area contributed by atoms with E-state index >= 15 is 0 Å². The van der Waals surface area contributed by atoms with E-state index in [4.69, 9.17) is 9.40 Å². The van der Waals surface area contributed by atoms with Crippen molar-refractivity contribution in [2.75, 3.05) is 12.4 Å². The fraction of sp³-hybridized carbons (Fsp3) is 0.0435. The summed E-state index contributed by atoms with van der Waals surface area (Å²) in [5.41, 5.74) is 16.3. The summed E-state index contributed by atoms with van der Waals surface area (Å²) in [4.78, 5) is 5.21. The molecular weight excluding hydrogens is 625 g/mol. The van der Waals surface area contributed by atoms with E-state index < -0.39 is 5.41 Å². The van der Waals surface area contributed by atoms with Gasteiger partial charge in [-0.25, -0.2) is 4.98 Å². The summed E-state index contributed by atoms with van der Waals surface area (Å²) >= 11 is 0. The lowest BCUT2D eigenvalue weighted by Crippen LogP contribution is -2.26. The van der Waals surface area contributed by atoms with Crippen LogP contribution in [0.4, 0.5) is 5.69 Å². The number of imidazole rings is 1. The van der Waals surface area contributed by atoms with E-state index in [9.17, 15) is 5.26 Å². The van der Waals surface area contributed by atoms with Crippen LogP contribution in [0.1, 0.15) is 27.8 Å². The van der Waals surface area contributed by atoms with Gasteiger partial charge in [0.2, 0.25) is 0 Å². The van der Waals surface area contributed by atoms with Crippen LogP contribution in [0, 0.1) is 11.3 Å². The fourth-order valence-electron chi connectivity index (χ4n) is 8.96. The highest BCUT2D eigenvalue weighted by Gasteiger charge is 2.52. The monoisotopic (exact) mass is 652 g/mol. The number of fused-ring (bicyclic) bond motifs is 15. The number of hydrogen-bond acceptors (Lipinski definition) is 4. The maximum Gasteiger partial charge on any atom is 0.145 e. The molecule has 0 radical (unpaired) electrons. The van der Waals surface area contributed by atoms with Crippen molar-refractivity contribution in [3.63, 3.8) is 0 Å². The average Bonchev–Trinajstić information content (AvgIpc) is 3.92. The Balaban J connectivity index is 1.23. The molecule has 1 spiro atoms. The fourth-order valence-corrected chi connectivity index (χ4v) is 8.96. The largest absolute Gasteiger partial charge is 0.456 e. The standard InChI is InChI=1S/C46H28N4O/c1-48-29-17-19-33-42(25-29)51-41-22-21-37-43(44(33)41)32-18-15-27(26-47)23-38(32)46(37)35-12-6-5-11-31(35)34-24-28(16-20-36(34)46)45-49-39-13-7-8-14-40(39)50(45)30-9-3-2-4-10-30/h2-25,48H,1H3. The first-order valence-electron chi connectivity index (χ1n) is 17.2. The van der Waals surface area contributed by atoms with Gasteiger partial charge in [-0.2, -0.15) is 5.26 Å². The van der Waals surface area contributed by atoms with Gasteiger partial charge in [0.15, 0.2) is 0 Å². The lowest BCUT2D eigenvalue weighted by atomic mass is 9.70. The van der Waals surface area contributed by atoms with Crippen LogP contribution in [-0.2, 0) is 5.41 Å². The highest BCUT2D eigenvalue weighted by atomic mass is 16.3. The Labute approximate surface area is 293 Å². The smallest absolute Gasteiger partial charge is 0.145 e. The predicted octanol–water partition coefficient (Wildman–Crippen LogP) is 10.8. The summed E-state index contributed by atoms with van der Waals surface area (Å²) in [5.74, 6) is 0.898. The van der Waals surface area contributed by atoms with Crippen molar-refractivity contribution < 1.29 is 4.42 Å². The number of aromatic nitrogens is 2. The molecule has 0 amide bonds. The number of para-hydroxylation sites is 3. The summed E-state index contributed by atoms with van der Waals surface area (Å²) in [6.07, 6.45) is 0. The van der Waals surface area contributed by atoms with Crippen molar-refractivity contribution in [1.82, 2.24) is 9.55 Å². The molecule has 238 valence electrons. The third kappa shape index (κ3) is 3.56. The normalized spacial score (nSPS) is 15.2. The van der Waals surface area contributed by atoms with Crippen molar-refractivity contribution in [3.8, 4) is 45.4 Å². The molecule has 0 aliphatic heterocycles. The lowest BCUT2D eigenvalue weighted by molar-refractivity contribution is 0.668. The number of benzene rings is 7. The second kappa shape index (κ2) is 10.1. The zero-order valence-corrected chi connectivity index (χ0v) is 27.6. The molecule has 5 nitrogen and oxygen atoms in total. The molecule has 0 saturated carbocycles. The minimum absolute atomic E-state index is 0.621. The van der Waals surface area contributed by atoms with E-state index in [2.05, 4.69) is 143 Å². The van der Waals surface area contributed by atoms with E-state index in [1.54, 1.807) is 0 Å². The molecule has 1 unspecified atom stereocenters. The van der Waals surface area contributed by atoms with Crippen molar-refractivity contribution in [2.24, 2.45) is 0 Å². The number of nitrogens with one attached hydrogen (secondary N) is 1. The maximum atomic E-state index is 10.2. The Morgan fingerprint density at radius 2 is 1.47 bits per heavy atom. The number of furan rings is 1. The van der Waals surface area contributed by atoms with Gasteiger partial charge in [0, 0.05) is 40.8 Å². The molecule has 2 heterocycles. The molecule has 0 bridgehead atoms. The van der Waals surface area contributed by atoms with E-state index in [0.29, 0.717) is 5.56 Å². The number of rotatable bonds is 3. The second-order valence-corrected chi connectivity index (χ2v) is 13.4. The van der Waals surface area contributed by atoms with Gasteiger partial charge < -0.3 is 9.73 Å². The van der Waals surface area contributed by atoms with Crippen molar-refractivity contribution in [3.05, 3.63) is 173 Å². The Hall–Kier alpha value is -6.90. The van der Waals surface area contributed by atoms with Gasteiger partial charge in [-0.3, -0.25) is 4.57 Å². The number of hydrogen-bond donors (Lipinski definition) is 1. The van der Waals surface area contributed by atoms with E-state index in [0.717, 1.165) is 66.9 Å². The van der Waals surface area contributed by atoms with Crippen LogP contribution in [-0.4, -0.2) is 16.6 Å². The number of nitrogens with zero attached hydrogens (tertiary/aromatic N) is 3. The van der Waals surface area contributed by atoms with Crippen LogP contribution in [0.15, 0.2) is 150 Å². The lowest BCUT2D eigenvalue weighted by Gasteiger charge is -2.30. The molecule has 11 rings (SSSR count). The zero-order chi connectivity index (χ0) is 33.8. The Kier molecular flexibility index (Phi) is 5.53. The molecule has 2 aliphatic carbocycles. The third-order valence-electron chi connectivity index (χ3n) is 11.0. The van der Waals surface area contributed by atoms with Crippen molar-refractivity contribution in [1.29, 1.82) is 5.26 Å². The molecule has 51 heavy (non-hydrogen) atoms. The van der Waals surface area contributed by atoms with Crippen LogP contribution in [0.5, 0.6) is 0 Å². The van der Waals surface area contributed by atoms with Gasteiger partial charge in [0.1, 0.15) is 17.0 Å². The first kappa shape index (κ1) is 28.0. The third-order valence-corrected chi connectivity index (χ3v) is 11.0. The first-order valence-corrected chi connectivity index (χ1v) is 17.2. The summed E-state index contributed by atoms with van der Waals surface area (Å²) < 4.78 is 8.76. The number of nitriles is 1. The van der Waals surface area contributed by atoms with Gasteiger partial charge in [0.05, 0.1) is 28.1 Å². The summed E-state index contributed by atoms with van der Waals surface area (Å²) in [7, 11) is 1.92. The minimum atomic E-state index is -0.621. The summed E-state index contributed by atoms with van der Waals surface area (Å²) in [6.45, 7) is 0. The van der Waals surface area contributed by atoms with Crippen LogP contribution in [0.3, 0.4) is 0 Å². The molecule has 5 heteroatoms. The Morgan fingerprint density at radius 1 is 0.667 bits per heavy atom. The quantitative estimate of drug-likeness (QED) is 0.206. The molecule has 1 atom stereocenters. The van der Waals surface area contributed by atoms with Crippen LogP contribution in [0.2, 0.25) is 0 Å². The molecule has 0 saturated heterocycles. The van der Waals surface area contributed by atoms with E-state index in [1.165, 1.54) is 33.4 Å².